The Morgan fingerprint density at radius 2 is 1.88 bits per heavy atom. The standard InChI is InChI=1S/C19H21ClN2O3S/c1-14-5-2-3-12-22(14)26(24,25)18-7-4-6-15(13-18)19(23)21-17-10-8-16(20)9-11-17/h4,6-11,13-14H,2-3,5,12H2,1H3,(H,21,23). The number of sulfonamides is 1. The van der Waals surface area contributed by atoms with Crippen LogP contribution in [0, 0.1) is 0 Å². The van der Waals surface area contributed by atoms with E-state index < -0.39 is 10.0 Å². The smallest absolute Gasteiger partial charge is 0.255 e. The second-order valence-corrected chi connectivity index (χ2v) is 8.78. The maximum absolute atomic E-state index is 12.9. The van der Waals surface area contributed by atoms with Crippen LogP contribution in [-0.2, 0) is 10.0 Å². The molecule has 0 aromatic heterocycles. The van der Waals surface area contributed by atoms with Crippen LogP contribution in [0.1, 0.15) is 36.5 Å². The van der Waals surface area contributed by atoms with Gasteiger partial charge in [-0.25, -0.2) is 8.42 Å². The van der Waals surface area contributed by atoms with Crippen molar-refractivity contribution in [1.29, 1.82) is 0 Å². The molecule has 2 aromatic rings. The highest BCUT2D eigenvalue weighted by Crippen LogP contribution is 2.25. The maximum atomic E-state index is 12.9. The molecule has 1 amide bonds. The summed E-state index contributed by atoms with van der Waals surface area (Å²) in [6.07, 6.45) is 2.76. The van der Waals surface area contributed by atoms with Gasteiger partial charge in [0, 0.05) is 28.9 Å². The maximum Gasteiger partial charge on any atom is 0.255 e. The lowest BCUT2D eigenvalue weighted by Gasteiger charge is -2.32. The molecule has 3 rings (SSSR count). The summed E-state index contributed by atoms with van der Waals surface area (Å²) in [5, 5.41) is 3.32. The highest BCUT2D eigenvalue weighted by atomic mass is 35.5. The van der Waals surface area contributed by atoms with Gasteiger partial charge in [0.2, 0.25) is 10.0 Å². The molecule has 1 atom stereocenters. The molecule has 1 aliphatic rings. The van der Waals surface area contributed by atoms with Crippen LogP contribution in [0.5, 0.6) is 0 Å². The number of piperidine rings is 1. The van der Waals surface area contributed by atoms with Crippen molar-refractivity contribution in [3.8, 4) is 0 Å². The molecule has 2 aromatic carbocycles. The summed E-state index contributed by atoms with van der Waals surface area (Å²) in [6.45, 7) is 2.44. The first-order valence-electron chi connectivity index (χ1n) is 8.57. The molecule has 0 saturated carbocycles. The van der Waals surface area contributed by atoms with Crippen molar-refractivity contribution in [2.45, 2.75) is 37.1 Å². The van der Waals surface area contributed by atoms with Crippen LogP contribution in [0.2, 0.25) is 5.02 Å². The largest absolute Gasteiger partial charge is 0.322 e. The molecule has 1 N–H and O–H groups in total. The number of halogens is 1. The monoisotopic (exact) mass is 392 g/mol. The molecule has 0 spiro atoms. The third kappa shape index (κ3) is 4.09. The number of anilines is 1. The lowest BCUT2D eigenvalue weighted by molar-refractivity contribution is 0.102. The topological polar surface area (TPSA) is 66.5 Å². The van der Waals surface area contributed by atoms with E-state index in [-0.39, 0.29) is 16.8 Å². The first-order valence-corrected chi connectivity index (χ1v) is 10.4. The Balaban J connectivity index is 1.83. The van der Waals surface area contributed by atoms with Crippen LogP contribution in [-0.4, -0.2) is 31.2 Å². The van der Waals surface area contributed by atoms with Crippen molar-refractivity contribution in [2.75, 3.05) is 11.9 Å². The molecule has 138 valence electrons. The summed E-state index contributed by atoms with van der Waals surface area (Å²) in [7, 11) is -3.61. The zero-order valence-electron chi connectivity index (χ0n) is 14.5. The van der Waals surface area contributed by atoms with E-state index in [9.17, 15) is 13.2 Å². The van der Waals surface area contributed by atoms with Crippen LogP contribution < -0.4 is 5.32 Å². The van der Waals surface area contributed by atoms with Gasteiger partial charge in [-0.1, -0.05) is 24.1 Å². The molecule has 7 heteroatoms. The van der Waals surface area contributed by atoms with E-state index in [1.54, 1.807) is 36.4 Å². The molecule has 1 fully saturated rings. The molecule has 0 aliphatic carbocycles. The van der Waals surface area contributed by atoms with Crippen molar-refractivity contribution in [3.63, 3.8) is 0 Å². The Bertz CT molecular complexity index is 897. The Hall–Kier alpha value is -1.89. The lowest BCUT2D eigenvalue weighted by atomic mass is 10.1. The van der Waals surface area contributed by atoms with Gasteiger partial charge in [0.15, 0.2) is 0 Å². The summed E-state index contributed by atoms with van der Waals surface area (Å²) in [6, 6.07) is 12.9. The third-order valence-electron chi connectivity index (χ3n) is 4.55. The van der Waals surface area contributed by atoms with Crippen molar-refractivity contribution in [2.24, 2.45) is 0 Å². The van der Waals surface area contributed by atoms with E-state index >= 15 is 0 Å². The summed E-state index contributed by atoms with van der Waals surface area (Å²) in [5.74, 6) is -0.365. The van der Waals surface area contributed by atoms with E-state index in [0.717, 1.165) is 19.3 Å². The number of carbonyl (C=O) groups excluding carboxylic acids is 1. The first-order chi connectivity index (χ1) is 12.4. The molecular weight excluding hydrogens is 372 g/mol. The first kappa shape index (κ1) is 18.9. The lowest BCUT2D eigenvalue weighted by Crippen LogP contribution is -2.41. The van der Waals surface area contributed by atoms with Crippen molar-refractivity contribution >= 4 is 33.2 Å². The van der Waals surface area contributed by atoms with Gasteiger partial charge in [0.25, 0.3) is 5.91 Å². The number of rotatable bonds is 4. The van der Waals surface area contributed by atoms with Gasteiger partial charge >= 0.3 is 0 Å². The summed E-state index contributed by atoms with van der Waals surface area (Å²) < 4.78 is 27.4. The van der Waals surface area contributed by atoms with E-state index in [2.05, 4.69) is 5.32 Å². The normalized spacial score (nSPS) is 18.5. The van der Waals surface area contributed by atoms with Crippen LogP contribution in [0.25, 0.3) is 0 Å². The average molecular weight is 393 g/mol. The Morgan fingerprint density at radius 1 is 1.15 bits per heavy atom. The molecule has 0 radical (unpaired) electrons. The molecule has 1 aliphatic heterocycles. The summed E-state index contributed by atoms with van der Waals surface area (Å²) >= 11 is 5.84. The molecule has 1 saturated heterocycles. The van der Waals surface area contributed by atoms with Gasteiger partial charge in [0.05, 0.1) is 4.90 Å². The quantitative estimate of drug-likeness (QED) is 0.849. The van der Waals surface area contributed by atoms with E-state index in [1.165, 1.54) is 16.4 Å². The Morgan fingerprint density at radius 3 is 2.58 bits per heavy atom. The zero-order chi connectivity index (χ0) is 18.7. The van der Waals surface area contributed by atoms with E-state index in [1.807, 2.05) is 6.92 Å². The minimum Gasteiger partial charge on any atom is -0.322 e. The molecule has 26 heavy (non-hydrogen) atoms. The minimum atomic E-state index is -3.61. The fraction of sp³-hybridized carbons (Fsp3) is 0.316. The van der Waals surface area contributed by atoms with Gasteiger partial charge in [0.1, 0.15) is 0 Å². The van der Waals surface area contributed by atoms with E-state index in [4.69, 9.17) is 11.6 Å². The highest BCUT2D eigenvalue weighted by molar-refractivity contribution is 7.89. The van der Waals surface area contributed by atoms with Crippen molar-refractivity contribution in [3.05, 3.63) is 59.1 Å². The van der Waals surface area contributed by atoms with Crippen LogP contribution in [0.3, 0.4) is 0 Å². The van der Waals surface area contributed by atoms with Gasteiger partial charge in [-0.05, 0) is 62.2 Å². The molecule has 1 heterocycles. The van der Waals surface area contributed by atoms with Crippen LogP contribution >= 0.6 is 11.6 Å². The molecule has 5 nitrogen and oxygen atoms in total. The summed E-state index contributed by atoms with van der Waals surface area (Å²) in [5.41, 5.74) is 0.892. The fourth-order valence-electron chi connectivity index (χ4n) is 3.10. The van der Waals surface area contributed by atoms with Crippen molar-refractivity contribution < 1.29 is 13.2 Å². The minimum absolute atomic E-state index is 0.0275. The number of nitrogens with one attached hydrogen (secondary N) is 1. The molecular formula is C19H21ClN2O3S. The van der Waals surface area contributed by atoms with Gasteiger partial charge < -0.3 is 5.32 Å². The number of carbonyl (C=O) groups is 1. The second-order valence-electron chi connectivity index (χ2n) is 6.45. The predicted octanol–water partition coefficient (Wildman–Crippen LogP) is 4.16. The van der Waals surface area contributed by atoms with Crippen molar-refractivity contribution in [1.82, 2.24) is 4.31 Å². The zero-order valence-corrected chi connectivity index (χ0v) is 16.1. The second kappa shape index (κ2) is 7.78. The van der Waals surface area contributed by atoms with Crippen LogP contribution in [0.15, 0.2) is 53.4 Å². The molecule has 0 bridgehead atoms. The predicted molar refractivity (Wildman–Crippen MR) is 103 cm³/mol. The van der Waals surface area contributed by atoms with E-state index in [0.29, 0.717) is 22.8 Å². The van der Waals surface area contributed by atoms with Gasteiger partial charge in [-0.3, -0.25) is 4.79 Å². The van der Waals surface area contributed by atoms with Crippen LogP contribution in [0.4, 0.5) is 5.69 Å². The average Bonchev–Trinajstić information content (AvgIpc) is 2.64. The number of hydrogen-bond donors (Lipinski definition) is 1. The third-order valence-corrected chi connectivity index (χ3v) is 6.81. The SMILES string of the molecule is CC1CCCCN1S(=O)(=O)c1cccc(C(=O)Nc2ccc(Cl)cc2)c1. The molecule has 1 unspecified atom stereocenters. The Labute approximate surface area is 159 Å². The number of nitrogens with zero attached hydrogens (tertiary/aromatic N) is 1. The highest BCUT2D eigenvalue weighted by Gasteiger charge is 2.31. The fourth-order valence-corrected chi connectivity index (χ4v) is 4.97. The van der Waals surface area contributed by atoms with Gasteiger partial charge in [-0.15, -0.1) is 0 Å². The van der Waals surface area contributed by atoms with Gasteiger partial charge in [-0.2, -0.15) is 4.31 Å². The Kier molecular flexibility index (Phi) is 5.65. The number of amides is 1. The number of benzene rings is 2. The number of hydrogen-bond acceptors (Lipinski definition) is 3. The summed E-state index contributed by atoms with van der Waals surface area (Å²) in [4.78, 5) is 12.6.